The average Bonchev–Trinajstić information content (AvgIpc) is 2.31. The van der Waals surface area contributed by atoms with Gasteiger partial charge in [-0.3, -0.25) is 4.79 Å². The quantitative estimate of drug-likeness (QED) is 0.842. The molecule has 0 spiro atoms. The van der Waals surface area contributed by atoms with Gasteiger partial charge in [0, 0.05) is 5.56 Å². The van der Waals surface area contributed by atoms with Crippen LogP contribution in [0.15, 0.2) is 23.0 Å². The molecule has 0 fully saturated rings. The third-order valence-electron chi connectivity index (χ3n) is 2.76. The molecule has 2 aromatic rings. The van der Waals surface area contributed by atoms with Gasteiger partial charge in [0.05, 0.1) is 9.26 Å². The van der Waals surface area contributed by atoms with Crippen molar-refractivity contribution in [3.63, 3.8) is 0 Å². The van der Waals surface area contributed by atoms with E-state index in [9.17, 15) is 4.79 Å². The third kappa shape index (κ3) is 2.63. The number of benzene rings is 1. The molecule has 0 saturated heterocycles. The maximum atomic E-state index is 11.9. The lowest BCUT2D eigenvalue weighted by atomic mass is 10.1. The Balaban J connectivity index is 2.64. The summed E-state index contributed by atoms with van der Waals surface area (Å²) in [5.41, 5.74) is 4.11. The lowest BCUT2D eigenvalue weighted by Crippen LogP contribution is -2.16. The number of hydrogen-bond donors (Lipinski definition) is 1. The van der Waals surface area contributed by atoms with Crippen molar-refractivity contribution in [3.8, 4) is 11.4 Å². The Morgan fingerprint density at radius 3 is 2.39 bits per heavy atom. The smallest absolute Gasteiger partial charge is 0.264 e. The van der Waals surface area contributed by atoms with Crippen molar-refractivity contribution in [2.45, 2.75) is 27.2 Å². The Hall–Kier alpha value is -1.17. The molecule has 2 rings (SSSR count). The first kappa shape index (κ1) is 13.3. The fourth-order valence-corrected chi connectivity index (χ4v) is 2.62. The van der Waals surface area contributed by atoms with Gasteiger partial charge in [0.2, 0.25) is 0 Å². The lowest BCUT2D eigenvalue weighted by molar-refractivity contribution is 0.968. The van der Waals surface area contributed by atoms with Crippen LogP contribution >= 0.6 is 22.6 Å². The van der Waals surface area contributed by atoms with Crippen LogP contribution in [0.3, 0.4) is 0 Å². The second-order valence-corrected chi connectivity index (χ2v) is 5.48. The van der Waals surface area contributed by atoms with Gasteiger partial charge in [-0.05, 0) is 55.0 Å². The van der Waals surface area contributed by atoms with Crippen molar-refractivity contribution in [2.75, 3.05) is 0 Å². The van der Waals surface area contributed by atoms with Gasteiger partial charge in [0.25, 0.3) is 5.56 Å². The highest BCUT2D eigenvalue weighted by atomic mass is 127. The van der Waals surface area contributed by atoms with E-state index in [4.69, 9.17) is 0 Å². The Bertz CT molecular complexity index is 626. The Labute approximate surface area is 120 Å². The highest BCUT2D eigenvalue weighted by molar-refractivity contribution is 14.1. The van der Waals surface area contributed by atoms with Crippen LogP contribution < -0.4 is 5.56 Å². The summed E-state index contributed by atoms with van der Waals surface area (Å²) in [5.74, 6) is 0.657. The third-order valence-corrected chi connectivity index (χ3v) is 3.87. The summed E-state index contributed by atoms with van der Waals surface area (Å²) in [4.78, 5) is 19.2. The van der Waals surface area contributed by atoms with E-state index in [1.165, 1.54) is 11.1 Å². The molecule has 1 aromatic carbocycles. The molecule has 1 heterocycles. The van der Waals surface area contributed by atoms with Gasteiger partial charge in [0.1, 0.15) is 5.82 Å². The summed E-state index contributed by atoms with van der Waals surface area (Å²) < 4.78 is 0.684. The number of nitrogens with one attached hydrogen (secondary N) is 1. The molecule has 0 aliphatic rings. The fraction of sp³-hybridized carbons (Fsp3) is 0.286. The van der Waals surface area contributed by atoms with Gasteiger partial charge < -0.3 is 4.98 Å². The van der Waals surface area contributed by atoms with Gasteiger partial charge in [0.15, 0.2) is 0 Å². The zero-order chi connectivity index (χ0) is 13.3. The summed E-state index contributed by atoms with van der Waals surface area (Å²) in [6.45, 7) is 6.10. The van der Waals surface area contributed by atoms with Crippen LogP contribution in [0.5, 0.6) is 0 Å². The molecule has 0 radical (unpaired) electrons. The number of nitrogens with zero attached hydrogens (tertiary/aromatic N) is 1. The molecule has 18 heavy (non-hydrogen) atoms. The highest BCUT2D eigenvalue weighted by Crippen LogP contribution is 2.19. The first-order valence-electron chi connectivity index (χ1n) is 5.88. The minimum absolute atomic E-state index is 0.0587. The largest absolute Gasteiger partial charge is 0.306 e. The summed E-state index contributed by atoms with van der Waals surface area (Å²) in [6, 6.07) is 6.18. The molecule has 1 N–H and O–H groups in total. The number of halogens is 1. The summed E-state index contributed by atoms with van der Waals surface area (Å²) in [5, 5.41) is 0. The zero-order valence-corrected chi connectivity index (χ0v) is 12.8. The van der Waals surface area contributed by atoms with Crippen molar-refractivity contribution < 1.29 is 0 Å². The minimum atomic E-state index is -0.0587. The molecule has 0 bridgehead atoms. The number of aryl methyl sites for hydroxylation is 3. The Morgan fingerprint density at radius 1 is 1.22 bits per heavy atom. The highest BCUT2D eigenvalue weighted by Gasteiger charge is 2.09. The number of H-pyrrole nitrogens is 1. The van der Waals surface area contributed by atoms with Crippen molar-refractivity contribution in [3.05, 3.63) is 48.9 Å². The lowest BCUT2D eigenvalue weighted by Gasteiger charge is -2.07. The molecule has 0 aliphatic carbocycles. The maximum absolute atomic E-state index is 11.9. The second-order valence-electron chi connectivity index (χ2n) is 4.41. The van der Waals surface area contributed by atoms with Gasteiger partial charge in [-0.1, -0.05) is 24.1 Å². The predicted octanol–water partition coefficient (Wildman–Crippen LogP) is 3.22. The average molecular weight is 354 g/mol. The first-order valence-corrected chi connectivity index (χ1v) is 6.96. The van der Waals surface area contributed by atoms with E-state index < -0.39 is 0 Å². The van der Waals surface area contributed by atoms with E-state index in [2.05, 4.69) is 16.0 Å². The molecule has 0 aliphatic heterocycles. The van der Waals surface area contributed by atoms with E-state index in [0.717, 1.165) is 17.7 Å². The number of rotatable bonds is 2. The van der Waals surface area contributed by atoms with Gasteiger partial charge >= 0.3 is 0 Å². The SMILES string of the molecule is CCc1nc(-c2cc(C)cc(C)c2)[nH]c(=O)c1I. The van der Waals surface area contributed by atoms with Crippen LogP contribution in [0.25, 0.3) is 11.4 Å². The molecular formula is C14H15IN2O. The molecule has 0 atom stereocenters. The van der Waals surface area contributed by atoms with E-state index in [0.29, 0.717) is 9.39 Å². The summed E-state index contributed by atoms with van der Waals surface area (Å²) >= 11 is 2.05. The number of aromatic nitrogens is 2. The van der Waals surface area contributed by atoms with Crippen molar-refractivity contribution in [1.29, 1.82) is 0 Å². The maximum Gasteiger partial charge on any atom is 0.264 e. The number of hydrogen-bond acceptors (Lipinski definition) is 2. The zero-order valence-electron chi connectivity index (χ0n) is 10.7. The van der Waals surface area contributed by atoms with Crippen LogP contribution in [-0.2, 0) is 6.42 Å². The molecule has 1 aromatic heterocycles. The van der Waals surface area contributed by atoms with E-state index in [1.54, 1.807) is 0 Å². The van der Waals surface area contributed by atoms with Gasteiger partial charge in [-0.2, -0.15) is 0 Å². The molecular weight excluding hydrogens is 339 g/mol. The van der Waals surface area contributed by atoms with Gasteiger partial charge in [-0.25, -0.2) is 4.98 Å². The predicted molar refractivity (Wildman–Crippen MR) is 81.9 cm³/mol. The van der Waals surface area contributed by atoms with Crippen LogP contribution in [0.1, 0.15) is 23.7 Å². The molecule has 94 valence electrons. The second kappa shape index (κ2) is 5.22. The van der Waals surface area contributed by atoms with Crippen LogP contribution in [-0.4, -0.2) is 9.97 Å². The van der Waals surface area contributed by atoms with Crippen LogP contribution in [0.4, 0.5) is 0 Å². The molecule has 0 saturated carbocycles. The molecule has 3 nitrogen and oxygen atoms in total. The van der Waals surface area contributed by atoms with Crippen molar-refractivity contribution in [2.24, 2.45) is 0 Å². The van der Waals surface area contributed by atoms with Crippen LogP contribution in [0, 0.1) is 17.4 Å². The fourth-order valence-electron chi connectivity index (χ4n) is 1.99. The normalized spacial score (nSPS) is 10.7. The van der Waals surface area contributed by atoms with Crippen molar-refractivity contribution in [1.82, 2.24) is 9.97 Å². The van der Waals surface area contributed by atoms with E-state index in [1.807, 2.05) is 55.5 Å². The monoisotopic (exact) mass is 354 g/mol. The van der Waals surface area contributed by atoms with E-state index in [-0.39, 0.29) is 5.56 Å². The summed E-state index contributed by atoms with van der Waals surface area (Å²) in [7, 11) is 0. The molecule has 0 unspecified atom stereocenters. The van der Waals surface area contributed by atoms with Crippen LogP contribution in [0.2, 0.25) is 0 Å². The van der Waals surface area contributed by atoms with Crippen molar-refractivity contribution >= 4 is 22.6 Å². The number of aromatic amines is 1. The van der Waals surface area contributed by atoms with Gasteiger partial charge in [-0.15, -0.1) is 0 Å². The molecule has 0 amide bonds. The summed E-state index contributed by atoms with van der Waals surface area (Å²) in [6.07, 6.45) is 0.764. The Kier molecular flexibility index (Phi) is 3.85. The molecule has 4 heteroatoms. The first-order chi connectivity index (χ1) is 8.51. The Morgan fingerprint density at radius 2 is 1.83 bits per heavy atom. The standard InChI is InChI=1S/C14H15IN2O/c1-4-11-12(15)14(18)17-13(16-11)10-6-8(2)5-9(3)7-10/h5-7H,4H2,1-3H3,(H,16,17,18). The topological polar surface area (TPSA) is 45.8 Å². The minimum Gasteiger partial charge on any atom is -0.306 e. The van der Waals surface area contributed by atoms with E-state index >= 15 is 0 Å².